The molecule has 0 saturated carbocycles. The van der Waals surface area contributed by atoms with E-state index < -0.39 is 0 Å². The van der Waals surface area contributed by atoms with Gasteiger partial charge in [0.05, 0.1) is 0 Å². The van der Waals surface area contributed by atoms with E-state index in [0.717, 1.165) is 42.4 Å². The van der Waals surface area contributed by atoms with Crippen LogP contribution in [0.15, 0.2) is 54.6 Å². The van der Waals surface area contributed by atoms with Crippen molar-refractivity contribution in [3.05, 3.63) is 60.2 Å². The number of ether oxygens (including phenoxy) is 1. The Balaban J connectivity index is 0.000000313. The van der Waals surface area contributed by atoms with Crippen LogP contribution in [0.1, 0.15) is 31.2 Å². The van der Waals surface area contributed by atoms with Gasteiger partial charge in [0.1, 0.15) is 34.6 Å². The summed E-state index contributed by atoms with van der Waals surface area (Å²) in [6, 6.07) is 19.6. The molecular weight excluding hydrogens is 374 g/mol. The molecule has 2 aliphatic rings. The predicted octanol–water partition coefficient (Wildman–Crippen LogP) is 4.79. The van der Waals surface area contributed by atoms with Gasteiger partial charge >= 0.3 is 0 Å². The van der Waals surface area contributed by atoms with Crippen molar-refractivity contribution in [2.24, 2.45) is 0 Å². The predicted molar refractivity (Wildman–Crippen MR) is 119 cm³/mol. The zero-order chi connectivity index (χ0) is 20.6. The Kier molecular flexibility index (Phi) is 6.63. The lowest BCUT2D eigenvalue weighted by molar-refractivity contribution is 0.483. The number of para-hydroxylation sites is 1. The quantitative estimate of drug-likeness (QED) is 0.660. The van der Waals surface area contributed by atoms with E-state index >= 15 is 0 Å². The maximum Gasteiger partial charge on any atom is 0.143 e. The minimum Gasteiger partial charge on any atom is -0.457 e. The van der Waals surface area contributed by atoms with Crippen LogP contribution in [0.3, 0.4) is 0 Å². The van der Waals surface area contributed by atoms with Gasteiger partial charge in [-0.25, -0.2) is 4.68 Å². The maximum atomic E-state index is 9.51. The van der Waals surface area contributed by atoms with Crippen LogP contribution in [-0.2, 0) is 6.54 Å². The number of anilines is 1. The number of nitrogens with one attached hydrogen (secondary N) is 2. The van der Waals surface area contributed by atoms with Gasteiger partial charge in [-0.1, -0.05) is 24.6 Å². The average Bonchev–Trinajstić information content (AvgIpc) is 3.20. The van der Waals surface area contributed by atoms with Gasteiger partial charge in [0.2, 0.25) is 0 Å². The van der Waals surface area contributed by atoms with E-state index in [0.29, 0.717) is 11.3 Å². The van der Waals surface area contributed by atoms with Gasteiger partial charge in [-0.05, 0) is 68.8 Å². The Hall–Kier alpha value is -3.30. The molecule has 0 amide bonds. The van der Waals surface area contributed by atoms with Crippen LogP contribution < -0.4 is 15.4 Å². The second-order valence-electron chi connectivity index (χ2n) is 7.44. The second-order valence-corrected chi connectivity index (χ2v) is 7.44. The molecule has 2 aliphatic heterocycles. The van der Waals surface area contributed by atoms with Crippen molar-refractivity contribution in [1.82, 2.24) is 15.1 Å². The summed E-state index contributed by atoms with van der Waals surface area (Å²) in [5, 5.41) is 20.7. The molecule has 0 spiro atoms. The molecule has 1 fully saturated rings. The first kappa shape index (κ1) is 20.0. The monoisotopic (exact) mass is 401 g/mol. The molecule has 2 N–H and O–H groups in total. The van der Waals surface area contributed by atoms with Crippen molar-refractivity contribution in [2.75, 3.05) is 25.0 Å². The van der Waals surface area contributed by atoms with Crippen molar-refractivity contribution in [3.8, 4) is 28.8 Å². The van der Waals surface area contributed by atoms with Gasteiger partial charge in [-0.3, -0.25) is 0 Å². The largest absolute Gasteiger partial charge is 0.457 e. The average molecular weight is 402 g/mol. The van der Waals surface area contributed by atoms with Gasteiger partial charge in [-0.15, -0.1) is 0 Å². The number of aryl methyl sites for hydroxylation is 1. The number of piperidine rings is 1. The van der Waals surface area contributed by atoms with Gasteiger partial charge in [0.25, 0.3) is 0 Å². The molecule has 0 bridgehead atoms. The zero-order valence-corrected chi connectivity index (χ0v) is 17.1. The Morgan fingerprint density at radius 3 is 2.23 bits per heavy atom. The minimum absolute atomic E-state index is 0.603. The number of nitrogens with zero attached hydrogens (tertiary/aromatic N) is 3. The summed E-state index contributed by atoms with van der Waals surface area (Å²) in [6.07, 6.45) is 5.23. The number of benzene rings is 2. The summed E-state index contributed by atoms with van der Waals surface area (Å²) in [5.74, 6) is 2.37. The summed E-state index contributed by atoms with van der Waals surface area (Å²) in [4.78, 5) is 0. The van der Waals surface area contributed by atoms with E-state index in [4.69, 9.17) is 4.74 Å². The Bertz CT molecular complexity index is 973. The SMILES string of the molecule is C1CCNCC1.N#Cc1c(-c2ccc(Oc3ccccc3)cc2)nn2c1NCCC2. The molecule has 6 nitrogen and oxygen atoms in total. The lowest BCUT2D eigenvalue weighted by Gasteiger charge is -2.14. The maximum absolute atomic E-state index is 9.51. The summed E-state index contributed by atoms with van der Waals surface area (Å²) in [5.41, 5.74) is 2.23. The number of nitriles is 1. The molecule has 0 radical (unpaired) electrons. The van der Waals surface area contributed by atoms with Crippen LogP contribution in [0.25, 0.3) is 11.3 Å². The Morgan fingerprint density at radius 2 is 1.60 bits per heavy atom. The highest BCUT2D eigenvalue weighted by Crippen LogP contribution is 2.31. The molecule has 0 aliphatic carbocycles. The first-order valence-electron chi connectivity index (χ1n) is 10.6. The van der Waals surface area contributed by atoms with Crippen LogP contribution in [0.2, 0.25) is 0 Å². The molecule has 0 unspecified atom stereocenters. The molecule has 3 heterocycles. The molecular formula is C24H27N5O. The van der Waals surface area contributed by atoms with E-state index in [2.05, 4.69) is 21.8 Å². The van der Waals surface area contributed by atoms with E-state index in [1.54, 1.807) is 0 Å². The van der Waals surface area contributed by atoms with Crippen LogP contribution in [0, 0.1) is 11.3 Å². The first-order chi connectivity index (χ1) is 14.8. The normalized spacial score (nSPS) is 15.0. The van der Waals surface area contributed by atoms with Gasteiger partial charge in [0, 0.05) is 18.7 Å². The van der Waals surface area contributed by atoms with Crippen molar-refractivity contribution in [2.45, 2.75) is 32.2 Å². The number of aromatic nitrogens is 2. The fourth-order valence-electron chi connectivity index (χ4n) is 3.65. The zero-order valence-electron chi connectivity index (χ0n) is 17.1. The number of rotatable bonds is 3. The third-order valence-electron chi connectivity index (χ3n) is 5.22. The number of fused-ring (bicyclic) bond motifs is 1. The molecule has 1 aromatic heterocycles. The highest BCUT2D eigenvalue weighted by atomic mass is 16.5. The lowest BCUT2D eigenvalue weighted by atomic mass is 10.1. The fourth-order valence-corrected chi connectivity index (χ4v) is 3.65. The molecule has 6 heteroatoms. The summed E-state index contributed by atoms with van der Waals surface area (Å²) in [6.45, 7) is 4.22. The molecule has 5 rings (SSSR count). The summed E-state index contributed by atoms with van der Waals surface area (Å²) >= 11 is 0. The molecule has 0 atom stereocenters. The topological polar surface area (TPSA) is 74.9 Å². The first-order valence-corrected chi connectivity index (χ1v) is 10.6. The summed E-state index contributed by atoms with van der Waals surface area (Å²) < 4.78 is 7.68. The van der Waals surface area contributed by atoms with E-state index in [1.165, 1.54) is 32.4 Å². The van der Waals surface area contributed by atoms with Crippen LogP contribution in [0.4, 0.5) is 5.82 Å². The standard InChI is InChI=1S/C19H16N4O.C5H11N/c20-13-17-18(22-23-12-4-11-21-19(17)23)14-7-9-16(10-8-14)24-15-5-2-1-3-6-15;1-2-4-6-5-3-1/h1-3,5-10,21H,4,11-12H2;6H,1-5H2. The molecule has 3 aromatic rings. The van der Waals surface area contributed by atoms with Crippen LogP contribution in [0.5, 0.6) is 11.5 Å². The van der Waals surface area contributed by atoms with E-state index in [-0.39, 0.29) is 0 Å². The lowest BCUT2D eigenvalue weighted by Crippen LogP contribution is -2.21. The molecule has 30 heavy (non-hydrogen) atoms. The van der Waals surface area contributed by atoms with E-state index in [1.807, 2.05) is 59.3 Å². The summed E-state index contributed by atoms with van der Waals surface area (Å²) in [7, 11) is 0. The highest BCUT2D eigenvalue weighted by Gasteiger charge is 2.21. The fraction of sp³-hybridized carbons (Fsp3) is 0.333. The molecule has 154 valence electrons. The highest BCUT2D eigenvalue weighted by molar-refractivity contribution is 5.74. The number of hydrogen-bond acceptors (Lipinski definition) is 5. The van der Waals surface area contributed by atoms with Gasteiger partial charge in [0.15, 0.2) is 0 Å². The Morgan fingerprint density at radius 1 is 0.867 bits per heavy atom. The minimum atomic E-state index is 0.603. The van der Waals surface area contributed by atoms with Gasteiger partial charge < -0.3 is 15.4 Å². The number of hydrogen-bond donors (Lipinski definition) is 2. The third-order valence-corrected chi connectivity index (χ3v) is 5.22. The Labute approximate surface area is 177 Å². The molecule has 2 aromatic carbocycles. The van der Waals surface area contributed by atoms with Crippen molar-refractivity contribution < 1.29 is 4.74 Å². The van der Waals surface area contributed by atoms with Crippen molar-refractivity contribution in [3.63, 3.8) is 0 Å². The van der Waals surface area contributed by atoms with Gasteiger partial charge in [-0.2, -0.15) is 10.4 Å². The van der Waals surface area contributed by atoms with E-state index in [9.17, 15) is 5.26 Å². The van der Waals surface area contributed by atoms with Crippen molar-refractivity contribution in [1.29, 1.82) is 5.26 Å². The van der Waals surface area contributed by atoms with Crippen molar-refractivity contribution >= 4 is 5.82 Å². The second kappa shape index (κ2) is 9.95. The third kappa shape index (κ3) is 4.81. The smallest absolute Gasteiger partial charge is 0.143 e. The molecule has 1 saturated heterocycles. The van der Waals surface area contributed by atoms with Crippen LogP contribution >= 0.6 is 0 Å². The van der Waals surface area contributed by atoms with Crippen LogP contribution in [-0.4, -0.2) is 29.4 Å².